The van der Waals surface area contributed by atoms with Crippen LogP contribution in [0.2, 0.25) is 0 Å². The standard InChI is InChI=1S/C12H17NO3S/c1-13(2)12(16)9-5-3-4-8(6-9)11(15)10(14)7-17/h3-6,10-11,14-15,17H,7H2,1-2H3. The Bertz CT molecular complexity index is 395. The normalized spacial score (nSPS) is 14.2. The number of hydrogen-bond acceptors (Lipinski definition) is 4. The minimum atomic E-state index is -1.03. The quantitative estimate of drug-likeness (QED) is 0.695. The van der Waals surface area contributed by atoms with Gasteiger partial charge in [-0.25, -0.2) is 0 Å². The van der Waals surface area contributed by atoms with Gasteiger partial charge in [-0.1, -0.05) is 12.1 Å². The molecule has 0 aliphatic carbocycles. The van der Waals surface area contributed by atoms with Crippen LogP contribution in [0.3, 0.4) is 0 Å². The smallest absolute Gasteiger partial charge is 0.253 e. The molecule has 2 unspecified atom stereocenters. The molecule has 0 heterocycles. The molecule has 2 atom stereocenters. The molecule has 0 fully saturated rings. The van der Waals surface area contributed by atoms with Crippen molar-refractivity contribution in [2.45, 2.75) is 12.2 Å². The van der Waals surface area contributed by atoms with Crippen LogP contribution >= 0.6 is 12.6 Å². The Morgan fingerprint density at radius 1 is 1.41 bits per heavy atom. The molecule has 2 N–H and O–H groups in total. The Hall–Kier alpha value is -1.04. The van der Waals surface area contributed by atoms with Gasteiger partial charge >= 0.3 is 0 Å². The van der Waals surface area contributed by atoms with E-state index in [0.717, 1.165) is 0 Å². The van der Waals surface area contributed by atoms with Crippen molar-refractivity contribution in [3.05, 3.63) is 35.4 Å². The Kier molecular flexibility index (Phi) is 4.99. The number of rotatable bonds is 4. The third-order valence-corrected chi connectivity index (χ3v) is 2.81. The maximum atomic E-state index is 11.7. The fourth-order valence-electron chi connectivity index (χ4n) is 1.44. The molecule has 94 valence electrons. The lowest BCUT2D eigenvalue weighted by atomic mass is 10.0. The molecule has 0 bridgehead atoms. The summed E-state index contributed by atoms with van der Waals surface area (Å²) in [4.78, 5) is 13.2. The van der Waals surface area contributed by atoms with Gasteiger partial charge in [0.05, 0.1) is 6.10 Å². The SMILES string of the molecule is CN(C)C(=O)c1cccc(C(O)C(O)CS)c1. The number of aliphatic hydroxyl groups excluding tert-OH is 2. The fourth-order valence-corrected chi connectivity index (χ4v) is 1.64. The topological polar surface area (TPSA) is 60.8 Å². The number of benzene rings is 1. The van der Waals surface area contributed by atoms with Gasteiger partial charge in [0, 0.05) is 25.4 Å². The fraction of sp³-hybridized carbons (Fsp3) is 0.417. The summed E-state index contributed by atoms with van der Waals surface area (Å²) in [5.41, 5.74) is 0.997. The molecule has 1 amide bonds. The second-order valence-electron chi connectivity index (χ2n) is 4.02. The molecule has 0 saturated heterocycles. The van der Waals surface area contributed by atoms with Crippen molar-refractivity contribution in [2.24, 2.45) is 0 Å². The molecule has 1 aromatic rings. The Balaban J connectivity index is 2.97. The first-order valence-electron chi connectivity index (χ1n) is 5.26. The zero-order chi connectivity index (χ0) is 13.0. The third-order valence-electron chi connectivity index (χ3n) is 2.43. The highest BCUT2D eigenvalue weighted by Crippen LogP contribution is 2.19. The predicted octanol–water partition coefficient (Wildman–Crippen LogP) is 0.712. The van der Waals surface area contributed by atoms with Gasteiger partial charge < -0.3 is 15.1 Å². The number of thiol groups is 1. The van der Waals surface area contributed by atoms with E-state index in [0.29, 0.717) is 11.1 Å². The Labute approximate surface area is 106 Å². The van der Waals surface area contributed by atoms with Crippen LogP contribution in [0.25, 0.3) is 0 Å². The van der Waals surface area contributed by atoms with Gasteiger partial charge in [-0.2, -0.15) is 12.6 Å². The van der Waals surface area contributed by atoms with E-state index in [2.05, 4.69) is 12.6 Å². The van der Waals surface area contributed by atoms with Crippen LogP contribution in [0.4, 0.5) is 0 Å². The molecule has 5 heteroatoms. The number of aliphatic hydroxyl groups is 2. The van der Waals surface area contributed by atoms with E-state index in [1.165, 1.54) is 4.90 Å². The average molecular weight is 255 g/mol. The van der Waals surface area contributed by atoms with Gasteiger partial charge in [0.25, 0.3) is 5.91 Å². The molecular weight excluding hydrogens is 238 g/mol. The van der Waals surface area contributed by atoms with E-state index in [1.807, 2.05) is 0 Å². The summed E-state index contributed by atoms with van der Waals surface area (Å²) in [5, 5.41) is 19.3. The minimum absolute atomic E-state index is 0.139. The summed E-state index contributed by atoms with van der Waals surface area (Å²) in [6.07, 6.45) is -1.97. The molecule has 0 aliphatic rings. The van der Waals surface area contributed by atoms with Crippen molar-refractivity contribution in [1.29, 1.82) is 0 Å². The first-order valence-corrected chi connectivity index (χ1v) is 5.89. The van der Waals surface area contributed by atoms with Crippen LogP contribution in [0.1, 0.15) is 22.0 Å². The summed E-state index contributed by atoms with van der Waals surface area (Å²) in [5.74, 6) is 0.0203. The van der Waals surface area contributed by atoms with Gasteiger partial charge in [-0.15, -0.1) is 0 Å². The average Bonchev–Trinajstić information content (AvgIpc) is 2.35. The highest BCUT2D eigenvalue weighted by atomic mass is 32.1. The summed E-state index contributed by atoms with van der Waals surface area (Å²) in [6.45, 7) is 0. The molecule has 0 spiro atoms. The molecular formula is C12H17NO3S. The van der Waals surface area contributed by atoms with E-state index in [9.17, 15) is 15.0 Å². The lowest BCUT2D eigenvalue weighted by Gasteiger charge is -2.17. The van der Waals surface area contributed by atoms with Crippen molar-refractivity contribution >= 4 is 18.5 Å². The van der Waals surface area contributed by atoms with Crippen LogP contribution in [0.5, 0.6) is 0 Å². The van der Waals surface area contributed by atoms with Gasteiger partial charge in [0.15, 0.2) is 0 Å². The lowest BCUT2D eigenvalue weighted by Crippen LogP contribution is -2.23. The molecule has 1 aromatic carbocycles. The largest absolute Gasteiger partial charge is 0.389 e. The molecule has 4 nitrogen and oxygen atoms in total. The maximum Gasteiger partial charge on any atom is 0.253 e. The van der Waals surface area contributed by atoms with Crippen LogP contribution in [0, 0.1) is 0 Å². The molecule has 1 rings (SSSR count). The van der Waals surface area contributed by atoms with Crippen molar-refractivity contribution in [3.63, 3.8) is 0 Å². The van der Waals surface area contributed by atoms with Gasteiger partial charge in [0.2, 0.25) is 0 Å². The van der Waals surface area contributed by atoms with Crippen molar-refractivity contribution in [1.82, 2.24) is 4.90 Å². The molecule has 0 aliphatic heterocycles. The van der Waals surface area contributed by atoms with E-state index in [4.69, 9.17) is 0 Å². The summed E-state index contributed by atoms with van der Waals surface area (Å²) < 4.78 is 0. The number of amides is 1. The van der Waals surface area contributed by atoms with E-state index in [-0.39, 0.29) is 11.7 Å². The van der Waals surface area contributed by atoms with Gasteiger partial charge in [0.1, 0.15) is 6.10 Å². The number of carbonyl (C=O) groups is 1. The first kappa shape index (κ1) is 14.0. The van der Waals surface area contributed by atoms with E-state index >= 15 is 0 Å². The Morgan fingerprint density at radius 2 is 2.06 bits per heavy atom. The van der Waals surface area contributed by atoms with Gasteiger partial charge in [-0.3, -0.25) is 4.79 Å². The van der Waals surface area contributed by atoms with E-state index in [1.54, 1.807) is 38.4 Å². The molecule has 0 saturated carbocycles. The Morgan fingerprint density at radius 3 is 2.59 bits per heavy atom. The summed E-state index contributed by atoms with van der Waals surface area (Å²) in [7, 11) is 3.32. The van der Waals surface area contributed by atoms with E-state index < -0.39 is 12.2 Å². The van der Waals surface area contributed by atoms with Crippen LogP contribution in [-0.2, 0) is 0 Å². The van der Waals surface area contributed by atoms with Crippen molar-refractivity contribution in [2.75, 3.05) is 19.8 Å². The third kappa shape index (κ3) is 3.46. The zero-order valence-corrected chi connectivity index (χ0v) is 10.8. The van der Waals surface area contributed by atoms with Crippen LogP contribution < -0.4 is 0 Å². The molecule has 17 heavy (non-hydrogen) atoms. The first-order chi connectivity index (χ1) is 7.97. The lowest BCUT2D eigenvalue weighted by molar-refractivity contribution is 0.0337. The summed E-state index contributed by atoms with van der Waals surface area (Å²) >= 11 is 3.92. The van der Waals surface area contributed by atoms with Crippen LogP contribution in [0.15, 0.2) is 24.3 Å². The number of hydrogen-bond donors (Lipinski definition) is 3. The predicted molar refractivity (Wildman–Crippen MR) is 69.3 cm³/mol. The highest BCUT2D eigenvalue weighted by Gasteiger charge is 2.18. The monoisotopic (exact) mass is 255 g/mol. The second kappa shape index (κ2) is 6.05. The summed E-state index contributed by atoms with van der Waals surface area (Å²) in [6, 6.07) is 6.61. The maximum absolute atomic E-state index is 11.7. The van der Waals surface area contributed by atoms with Crippen molar-refractivity contribution < 1.29 is 15.0 Å². The number of nitrogens with zero attached hydrogens (tertiary/aromatic N) is 1. The molecule has 0 aromatic heterocycles. The van der Waals surface area contributed by atoms with Crippen LogP contribution in [-0.4, -0.2) is 47.0 Å². The zero-order valence-electron chi connectivity index (χ0n) is 9.87. The number of carbonyl (C=O) groups excluding carboxylic acids is 1. The minimum Gasteiger partial charge on any atom is -0.389 e. The van der Waals surface area contributed by atoms with Gasteiger partial charge in [-0.05, 0) is 17.7 Å². The molecule has 0 radical (unpaired) electrons. The highest BCUT2D eigenvalue weighted by molar-refractivity contribution is 7.80. The second-order valence-corrected chi connectivity index (χ2v) is 4.38. The van der Waals surface area contributed by atoms with Crippen molar-refractivity contribution in [3.8, 4) is 0 Å².